The van der Waals surface area contributed by atoms with Gasteiger partial charge in [-0.3, -0.25) is 0 Å². The molecule has 0 aliphatic carbocycles. The fourth-order valence-corrected chi connectivity index (χ4v) is 13.2. The Balaban J connectivity index is 1.14. The van der Waals surface area contributed by atoms with Crippen LogP contribution in [0, 0.1) is 68.9 Å². The number of benzene rings is 11. The van der Waals surface area contributed by atoms with Gasteiger partial charge in [-0.15, -0.1) is 0 Å². The summed E-state index contributed by atoms with van der Waals surface area (Å²) in [5.41, 5.74) is 25.7. The molecule has 0 fully saturated rings. The highest BCUT2D eigenvalue weighted by atomic mass is 19.4. The summed E-state index contributed by atoms with van der Waals surface area (Å²) in [6.07, 6.45) is -4.63. The minimum atomic E-state index is -4.63. The summed E-state index contributed by atoms with van der Waals surface area (Å²) in [6.45, 7) is 27.3. The van der Waals surface area contributed by atoms with Crippen molar-refractivity contribution in [1.82, 2.24) is 9.13 Å². The number of aryl methyl sites for hydroxylation is 9. The molecule has 404 valence electrons. The topological polar surface area (TPSA) is 14.2 Å². The van der Waals surface area contributed by atoms with Gasteiger partial charge >= 0.3 is 6.18 Å². The summed E-state index contributed by atoms with van der Waals surface area (Å²) in [7, 11) is 0. The molecular weight excluding hydrogens is 1020 g/mol. The van der Waals surface area contributed by atoms with E-state index in [0.29, 0.717) is 27.9 Å². The van der Waals surface area contributed by atoms with Gasteiger partial charge in [0.2, 0.25) is 0 Å². The van der Waals surface area contributed by atoms with Crippen LogP contribution in [0.25, 0.3) is 127 Å². The summed E-state index contributed by atoms with van der Waals surface area (Å²) in [6, 6.07) is 69.1. The summed E-state index contributed by atoms with van der Waals surface area (Å²) < 4.78 is 50.6. The van der Waals surface area contributed by atoms with Crippen LogP contribution in [0.5, 0.6) is 0 Å². The molecule has 0 bridgehead atoms. The number of rotatable bonds is 8. The summed E-state index contributed by atoms with van der Waals surface area (Å²) in [5, 5.41) is 4.17. The van der Waals surface area contributed by atoms with Crippen molar-refractivity contribution in [3.63, 3.8) is 0 Å². The molecule has 0 atom stereocenters. The van der Waals surface area contributed by atoms with Gasteiger partial charge in [0.05, 0.1) is 45.6 Å². The molecule has 11 aromatic carbocycles. The number of aromatic nitrogens is 2. The molecule has 0 amide bonds. The zero-order chi connectivity index (χ0) is 57.7. The first kappa shape index (κ1) is 52.7. The van der Waals surface area contributed by atoms with E-state index in [2.05, 4.69) is 215 Å². The van der Waals surface area contributed by atoms with Crippen molar-refractivity contribution in [3.8, 4) is 78.1 Å². The molecule has 0 spiro atoms. The number of halogens is 3. The lowest BCUT2D eigenvalue weighted by Gasteiger charge is -2.22. The van der Waals surface area contributed by atoms with Gasteiger partial charge in [0.1, 0.15) is 0 Å². The Labute approximate surface area is 483 Å². The van der Waals surface area contributed by atoms with Crippen LogP contribution in [-0.4, -0.2) is 9.13 Å². The molecule has 0 saturated heterocycles. The highest BCUT2D eigenvalue weighted by Gasteiger charge is 2.35. The largest absolute Gasteiger partial charge is 0.417 e. The van der Waals surface area contributed by atoms with Crippen molar-refractivity contribution >= 4 is 49.3 Å². The summed E-state index contributed by atoms with van der Waals surface area (Å²) in [5.74, 6) is 0. The van der Waals surface area contributed by atoms with Crippen LogP contribution in [0.3, 0.4) is 0 Å². The summed E-state index contributed by atoms with van der Waals surface area (Å²) in [4.78, 5) is 4.04. The van der Waals surface area contributed by atoms with Crippen LogP contribution in [-0.2, 0) is 6.18 Å². The van der Waals surface area contributed by atoms with Crippen molar-refractivity contribution in [3.05, 3.63) is 267 Å². The molecule has 0 N–H and O–H groups in total. The van der Waals surface area contributed by atoms with Crippen LogP contribution in [0.1, 0.15) is 55.6 Å². The van der Waals surface area contributed by atoms with Crippen LogP contribution in [0.4, 0.5) is 18.9 Å². The molecule has 13 aromatic rings. The normalized spacial score (nSPS) is 11.8. The molecule has 0 unspecified atom stereocenters. The molecule has 0 radical (unpaired) electrons. The lowest BCUT2D eigenvalue weighted by atomic mass is 9.90. The van der Waals surface area contributed by atoms with E-state index in [1.54, 1.807) is 13.0 Å². The number of hydrogen-bond donors (Lipinski definition) is 0. The van der Waals surface area contributed by atoms with Gasteiger partial charge in [0, 0.05) is 27.1 Å². The molecule has 2 heterocycles. The number of alkyl halides is 3. The van der Waals surface area contributed by atoms with Crippen LogP contribution in [0.15, 0.2) is 200 Å². The molecule has 0 saturated carbocycles. The second-order valence-corrected chi connectivity index (χ2v) is 23.1. The predicted molar refractivity (Wildman–Crippen MR) is 342 cm³/mol. The molecular formula is C77H60F3N3. The molecule has 3 nitrogen and oxygen atoms in total. The zero-order valence-electron chi connectivity index (χ0n) is 48.0. The van der Waals surface area contributed by atoms with Gasteiger partial charge in [-0.25, -0.2) is 4.85 Å². The second kappa shape index (κ2) is 20.1. The van der Waals surface area contributed by atoms with E-state index in [1.165, 1.54) is 56.6 Å². The Hall–Kier alpha value is -9.70. The molecule has 0 aliphatic heterocycles. The third-order valence-electron chi connectivity index (χ3n) is 16.5. The number of nitrogens with zero attached hydrogens (tertiary/aromatic N) is 3. The standard InChI is InChI=1S/C77H60F3N3/c1-44-26-45(2)31-58(30-44)53-14-20-70-63(38-53)64-39-54(59-32-46(3)27-47(4)33-59)15-21-71(64)82(70)74-24-18-57(76-52(9)12-11-13-69(76)77(78,79)80)42-67(74)68-43-62(81-10)19-25-75(68)83-72-22-16-55(60-34-48(5)28-49(6)35-60)40-65(72)66-41-56(17-23-73(66)83)61-36-50(7)29-51(8)37-61/h11-43H,1-9H3. The zero-order valence-corrected chi connectivity index (χ0v) is 48.0. The van der Waals surface area contributed by atoms with Gasteiger partial charge in [0.15, 0.2) is 5.69 Å². The minimum absolute atomic E-state index is 0.115. The monoisotopic (exact) mass is 1080 g/mol. The third-order valence-corrected chi connectivity index (χ3v) is 16.5. The van der Waals surface area contributed by atoms with Crippen LogP contribution >= 0.6 is 0 Å². The van der Waals surface area contributed by atoms with E-state index < -0.39 is 11.7 Å². The minimum Gasteiger partial charge on any atom is -0.309 e. The van der Waals surface area contributed by atoms with E-state index in [-0.39, 0.29) is 5.56 Å². The molecule has 6 heteroatoms. The highest BCUT2D eigenvalue weighted by Crippen LogP contribution is 2.48. The third kappa shape index (κ3) is 9.46. The lowest BCUT2D eigenvalue weighted by Crippen LogP contribution is -2.08. The van der Waals surface area contributed by atoms with E-state index in [9.17, 15) is 0 Å². The number of fused-ring (bicyclic) bond motifs is 6. The number of hydrogen-bond acceptors (Lipinski definition) is 0. The van der Waals surface area contributed by atoms with Gasteiger partial charge in [-0.2, -0.15) is 13.2 Å². The Morgan fingerprint density at radius 2 is 0.651 bits per heavy atom. The van der Waals surface area contributed by atoms with Crippen molar-refractivity contribution in [1.29, 1.82) is 0 Å². The Morgan fingerprint density at radius 1 is 0.325 bits per heavy atom. The average molecular weight is 1080 g/mol. The van der Waals surface area contributed by atoms with E-state index in [1.807, 2.05) is 36.4 Å². The SMILES string of the molecule is [C-]#[N+]c1ccc(-n2c3ccc(-c4cc(C)cc(C)c4)cc3c3cc(-c4cc(C)cc(C)c4)ccc32)c(-c2cc(-c3c(C)cccc3C(F)(F)F)ccc2-n2c3ccc(-c4cc(C)cc(C)c4)cc3c3cc(-c4cc(C)cc(C)c4)ccc32)c1. The van der Waals surface area contributed by atoms with E-state index in [0.717, 1.165) is 99.5 Å². The maximum atomic E-state index is 15.3. The Kier molecular flexibility index (Phi) is 12.7. The average Bonchev–Trinajstić information content (AvgIpc) is 4.18. The van der Waals surface area contributed by atoms with E-state index in [4.69, 9.17) is 6.57 Å². The first-order valence-electron chi connectivity index (χ1n) is 28.2. The van der Waals surface area contributed by atoms with Gasteiger partial charge in [-0.05, 0) is 208 Å². The summed E-state index contributed by atoms with van der Waals surface area (Å²) >= 11 is 0. The quantitative estimate of drug-likeness (QED) is 0.135. The fraction of sp³-hybridized carbons (Fsp3) is 0.130. The van der Waals surface area contributed by atoms with E-state index >= 15 is 13.2 Å². The van der Waals surface area contributed by atoms with Crippen molar-refractivity contribution in [2.75, 3.05) is 0 Å². The Bertz CT molecular complexity index is 4600. The lowest BCUT2D eigenvalue weighted by molar-refractivity contribution is -0.137. The molecule has 83 heavy (non-hydrogen) atoms. The molecule has 2 aromatic heterocycles. The first-order valence-corrected chi connectivity index (χ1v) is 28.2. The van der Waals surface area contributed by atoms with Crippen molar-refractivity contribution in [2.24, 2.45) is 0 Å². The Morgan fingerprint density at radius 3 is 0.988 bits per heavy atom. The molecule has 0 aliphatic rings. The van der Waals surface area contributed by atoms with Gasteiger partial charge < -0.3 is 9.13 Å². The fourth-order valence-electron chi connectivity index (χ4n) is 13.2. The van der Waals surface area contributed by atoms with Gasteiger partial charge in [0.25, 0.3) is 0 Å². The maximum Gasteiger partial charge on any atom is 0.417 e. The van der Waals surface area contributed by atoms with Crippen molar-refractivity contribution in [2.45, 2.75) is 68.5 Å². The van der Waals surface area contributed by atoms with Crippen molar-refractivity contribution < 1.29 is 13.2 Å². The maximum absolute atomic E-state index is 15.3. The van der Waals surface area contributed by atoms with Gasteiger partial charge in [-0.1, -0.05) is 166 Å². The molecule has 13 rings (SSSR count). The first-order chi connectivity index (χ1) is 39.8. The second-order valence-electron chi connectivity index (χ2n) is 23.1. The highest BCUT2D eigenvalue weighted by molar-refractivity contribution is 6.14. The predicted octanol–water partition coefficient (Wildman–Crippen LogP) is 22.2. The van der Waals surface area contributed by atoms with Crippen LogP contribution in [0.2, 0.25) is 0 Å². The van der Waals surface area contributed by atoms with Crippen LogP contribution < -0.4 is 0 Å². The smallest absolute Gasteiger partial charge is 0.309 e.